The van der Waals surface area contributed by atoms with Gasteiger partial charge in [0.1, 0.15) is 11.4 Å². The quantitative estimate of drug-likeness (QED) is 0.573. The van der Waals surface area contributed by atoms with E-state index in [1.54, 1.807) is 0 Å². The Morgan fingerprint density at radius 1 is 1.29 bits per heavy atom. The highest BCUT2D eigenvalue weighted by molar-refractivity contribution is 5.93. The number of pyridine rings is 1. The SMILES string of the molecule is Cl.NCc1cc(Oc2cccc(C(=O)NO)c2)nc(C(F)(F)F)c1. The van der Waals surface area contributed by atoms with Crippen molar-refractivity contribution in [3.63, 3.8) is 0 Å². The molecule has 0 aliphatic heterocycles. The summed E-state index contributed by atoms with van der Waals surface area (Å²) in [6, 6.07) is 7.62. The Hall–Kier alpha value is -2.36. The van der Waals surface area contributed by atoms with E-state index in [0.29, 0.717) is 0 Å². The first-order chi connectivity index (χ1) is 10.8. The van der Waals surface area contributed by atoms with E-state index in [9.17, 15) is 18.0 Å². The fourth-order valence-electron chi connectivity index (χ4n) is 1.76. The van der Waals surface area contributed by atoms with Crippen molar-refractivity contribution in [3.8, 4) is 11.6 Å². The first kappa shape index (κ1) is 19.7. The van der Waals surface area contributed by atoms with Crippen LogP contribution in [0.1, 0.15) is 21.6 Å². The molecule has 1 aromatic heterocycles. The molecule has 130 valence electrons. The van der Waals surface area contributed by atoms with E-state index in [4.69, 9.17) is 15.7 Å². The minimum absolute atomic E-state index is 0. The molecular formula is C14H13ClF3N3O3. The molecule has 0 radical (unpaired) electrons. The second-order valence-corrected chi connectivity index (χ2v) is 4.47. The Morgan fingerprint density at radius 2 is 2.00 bits per heavy atom. The summed E-state index contributed by atoms with van der Waals surface area (Å²) < 4.78 is 43.7. The molecule has 1 amide bonds. The lowest BCUT2D eigenvalue weighted by Crippen LogP contribution is -2.18. The normalized spacial score (nSPS) is 10.7. The first-order valence-electron chi connectivity index (χ1n) is 6.34. The third-order valence-corrected chi connectivity index (χ3v) is 2.81. The number of hydroxylamine groups is 1. The zero-order chi connectivity index (χ0) is 17.0. The van der Waals surface area contributed by atoms with Crippen molar-refractivity contribution in [2.75, 3.05) is 0 Å². The number of carbonyl (C=O) groups is 1. The van der Waals surface area contributed by atoms with Gasteiger partial charge in [0.25, 0.3) is 5.91 Å². The van der Waals surface area contributed by atoms with Crippen molar-refractivity contribution in [1.82, 2.24) is 10.5 Å². The lowest BCUT2D eigenvalue weighted by molar-refractivity contribution is -0.141. The summed E-state index contributed by atoms with van der Waals surface area (Å²) in [5.41, 5.74) is 5.96. The summed E-state index contributed by atoms with van der Waals surface area (Å²) in [7, 11) is 0. The van der Waals surface area contributed by atoms with Gasteiger partial charge in [-0.15, -0.1) is 12.4 Å². The van der Waals surface area contributed by atoms with Crippen LogP contribution in [0.5, 0.6) is 11.6 Å². The average Bonchev–Trinajstić information content (AvgIpc) is 2.53. The van der Waals surface area contributed by atoms with Gasteiger partial charge < -0.3 is 10.5 Å². The van der Waals surface area contributed by atoms with E-state index >= 15 is 0 Å². The summed E-state index contributed by atoms with van der Waals surface area (Å²) in [5, 5.41) is 8.57. The number of aromatic nitrogens is 1. The minimum Gasteiger partial charge on any atom is -0.439 e. The molecule has 0 atom stereocenters. The molecule has 0 spiro atoms. The zero-order valence-electron chi connectivity index (χ0n) is 12.0. The molecule has 4 N–H and O–H groups in total. The van der Waals surface area contributed by atoms with Crippen LogP contribution in [0.15, 0.2) is 36.4 Å². The number of carbonyl (C=O) groups excluding carboxylic acids is 1. The molecule has 0 fully saturated rings. The van der Waals surface area contributed by atoms with Crippen LogP contribution in [-0.2, 0) is 12.7 Å². The predicted molar refractivity (Wildman–Crippen MR) is 80.1 cm³/mol. The predicted octanol–water partition coefficient (Wildman–Crippen LogP) is 2.89. The molecule has 10 heteroatoms. The number of ether oxygens (including phenoxy) is 1. The number of rotatable bonds is 4. The number of benzene rings is 1. The number of alkyl halides is 3. The second-order valence-electron chi connectivity index (χ2n) is 4.47. The van der Waals surface area contributed by atoms with Crippen LogP contribution < -0.4 is 16.0 Å². The lowest BCUT2D eigenvalue weighted by Gasteiger charge is -2.11. The van der Waals surface area contributed by atoms with Crippen molar-refractivity contribution in [2.24, 2.45) is 5.73 Å². The molecule has 0 unspecified atom stereocenters. The Balaban J connectivity index is 0.00000288. The standard InChI is InChI=1S/C14H12F3N3O3.ClH/c15-14(16,17)11-4-8(7-18)5-12(19-11)23-10-3-1-2-9(6-10)13(21)20-22;/h1-6,22H,7,18H2,(H,20,21);1H. The third kappa shape index (κ3) is 4.82. The summed E-state index contributed by atoms with van der Waals surface area (Å²) in [6.07, 6.45) is -4.64. The van der Waals surface area contributed by atoms with Gasteiger partial charge in [-0.1, -0.05) is 6.07 Å². The van der Waals surface area contributed by atoms with Crippen LogP contribution in [0.3, 0.4) is 0 Å². The minimum atomic E-state index is -4.64. The van der Waals surface area contributed by atoms with Gasteiger partial charge in [-0.2, -0.15) is 13.2 Å². The molecular weight excluding hydrogens is 351 g/mol. The van der Waals surface area contributed by atoms with Crippen LogP contribution in [0.4, 0.5) is 13.2 Å². The number of nitrogens with zero attached hydrogens (tertiary/aromatic N) is 1. The molecule has 2 aromatic rings. The molecule has 0 aliphatic carbocycles. The molecule has 0 saturated carbocycles. The molecule has 0 saturated heterocycles. The van der Waals surface area contributed by atoms with Gasteiger partial charge in [-0.05, 0) is 29.8 Å². The zero-order valence-corrected chi connectivity index (χ0v) is 12.8. The van der Waals surface area contributed by atoms with Crippen molar-refractivity contribution in [3.05, 3.63) is 53.2 Å². The van der Waals surface area contributed by atoms with Crippen molar-refractivity contribution in [1.29, 1.82) is 0 Å². The molecule has 1 heterocycles. The van der Waals surface area contributed by atoms with Gasteiger partial charge in [0.15, 0.2) is 0 Å². The lowest BCUT2D eigenvalue weighted by atomic mass is 10.2. The topological polar surface area (TPSA) is 97.5 Å². The number of amides is 1. The van der Waals surface area contributed by atoms with E-state index in [0.717, 1.165) is 6.07 Å². The largest absolute Gasteiger partial charge is 0.439 e. The van der Waals surface area contributed by atoms with Gasteiger partial charge in [0.2, 0.25) is 5.88 Å². The van der Waals surface area contributed by atoms with Crippen LogP contribution in [0, 0.1) is 0 Å². The summed E-state index contributed by atoms with van der Waals surface area (Å²) in [6.45, 7) is -0.116. The molecule has 24 heavy (non-hydrogen) atoms. The molecule has 1 aromatic carbocycles. The summed E-state index contributed by atoms with van der Waals surface area (Å²) >= 11 is 0. The number of hydrogen-bond acceptors (Lipinski definition) is 5. The molecule has 2 rings (SSSR count). The number of hydrogen-bond donors (Lipinski definition) is 3. The van der Waals surface area contributed by atoms with E-state index in [1.807, 2.05) is 0 Å². The Bertz CT molecular complexity index is 726. The van der Waals surface area contributed by atoms with Crippen LogP contribution in [-0.4, -0.2) is 16.1 Å². The maximum Gasteiger partial charge on any atom is 0.433 e. The second kappa shape index (κ2) is 7.95. The van der Waals surface area contributed by atoms with Crippen molar-refractivity contribution >= 4 is 18.3 Å². The fraction of sp³-hybridized carbons (Fsp3) is 0.143. The summed E-state index contributed by atoms with van der Waals surface area (Å²) in [5.74, 6) is -1.00. The summed E-state index contributed by atoms with van der Waals surface area (Å²) in [4.78, 5) is 14.7. The van der Waals surface area contributed by atoms with Crippen molar-refractivity contribution < 1.29 is 27.9 Å². The maximum absolute atomic E-state index is 12.8. The van der Waals surface area contributed by atoms with Gasteiger partial charge >= 0.3 is 6.18 Å². The van der Waals surface area contributed by atoms with Crippen LogP contribution in [0.25, 0.3) is 0 Å². The van der Waals surface area contributed by atoms with Gasteiger partial charge in [-0.25, -0.2) is 10.5 Å². The van der Waals surface area contributed by atoms with Gasteiger partial charge in [0.05, 0.1) is 0 Å². The number of nitrogens with one attached hydrogen (secondary N) is 1. The molecule has 0 aliphatic rings. The Kier molecular flexibility index (Phi) is 6.52. The van der Waals surface area contributed by atoms with E-state index < -0.39 is 17.8 Å². The van der Waals surface area contributed by atoms with Gasteiger partial charge in [-0.3, -0.25) is 10.0 Å². The van der Waals surface area contributed by atoms with Crippen LogP contribution in [0.2, 0.25) is 0 Å². The van der Waals surface area contributed by atoms with Gasteiger partial charge in [0, 0.05) is 18.2 Å². The average molecular weight is 364 g/mol. The highest BCUT2D eigenvalue weighted by Crippen LogP contribution is 2.31. The van der Waals surface area contributed by atoms with E-state index in [1.165, 1.54) is 35.8 Å². The first-order valence-corrected chi connectivity index (χ1v) is 6.34. The van der Waals surface area contributed by atoms with Crippen LogP contribution >= 0.6 is 12.4 Å². The highest BCUT2D eigenvalue weighted by Gasteiger charge is 2.33. The van der Waals surface area contributed by atoms with Crippen molar-refractivity contribution in [2.45, 2.75) is 12.7 Å². The molecule has 0 bridgehead atoms. The Labute approximate surface area is 140 Å². The molecule has 6 nitrogen and oxygen atoms in total. The third-order valence-electron chi connectivity index (χ3n) is 2.81. The van der Waals surface area contributed by atoms with E-state index in [-0.39, 0.29) is 41.7 Å². The Morgan fingerprint density at radius 3 is 2.58 bits per heavy atom. The van der Waals surface area contributed by atoms with E-state index in [2.05, 4.69) is 4.98 Å². The number of nitrogens with two attached hydrogens (primary N) is 1. The number of halogens is 4. The fourth-order valence-corrected chi connectivity index (χ4v) is 1.76. The monoisotopic (exact) mass is 363 g/mol. The smallest absolute Gasteiger partial charge is 0.433 e. The maximum atomic E-state index is 12.8. The highest BCUT2D eigenvalue weighted by atomic mass is 35.5.